The van der Waals surface area contributed by atoms with Gasteiger partial charge in [-0.1, -0.05) is 59.6 Å². The average Bonchev–Trinajstić information content (AvgIpc) is 2.72. The van der Waals surface area contributed by atoms with Crippen molar-refractivity contribution >= 4 is 29.0 Å². The Bertz CT molecular complexity index is 773. The Balaban J connectivity index is 2.04. The second-order valence-electron chi connectivity index (χ2n) is 6.98. The average molecular weight is 440 g/mol. The summed E-state index contributed by atoms with van der Waals surface area (Å²) in [6.45, 7) is 2.32. The molecule has 7 heteroatoms. The van der Waals surface area contributed by atoms with Crippen LogP contribution in [0.3, 0.4) is 0 Å². The van der Waals surface area contributed by atoms with Gasteiger partial charge in [0.2, 0.25) is 0 Å². The van der Waals surface area contributed by atoms with E-state index in [1.165, 1.54) is 0 Å². The summed E-state index contributed by atoms with van der Waals surface area (Å²) in [4.78, 5) is 13.0. The molecule has 3 unspecified atom stereocenters. The highest BCUT2D eigenvalue weighted by Crippen LogP contribution is 2.24. The molecule has 0 amide bonds. The van der Waals surface area contributed by atoms with Gasteiger partial charge in [0.25, 0.3) is 0 Å². The number of hydrogen-bond donors (Lipinski definition) is 3. The molecule has 2 rings (SSSR count). The Morgan fingerprint density at radius 3 is 2.52 bits per heavy atom. The van der Waals surface area contributed by atoms with Crippen LogP contribution in [0.5, 0.6) is 0 Å². The van der Waals surface area contributed by atoms with Gasteiger partial charge in [-0.3, -0.25) is 4.79 Å². The van der Waals surface area contributed by atoms with Gasteiger partial charge in [0.05, 0.1) is 22.8 Å². The van der Waals surface area contributed by atoms with Crippen molar-refractivity contribution in [2.75, 3.05) is 19.8 Å². The number of ether oxygens (including phenoxy) is 1. The van der Waals surface area contributed by atoms with Gasteiger partial charge in [0, 0.05) is 31.2 Å². The van der Waals surface area contributed by atoms with Crippen LogP contribution in [0.2, 0.25) is 10.0 Å². The maximum absolute atomic E-state index is 13.0. The first-order chi connectivity index (χ1) is 13.9. The maximum Gasteiger partial charge on any atom is 0.191 e. The first-order valence-corrected chi connectivity index (χ1v) is 10.3. The number of carbonyl (C=O) groups is 1. The lowest BCUT2D eigenvalue weighted by molar-refractivity contribution is -0.00247. The lowest BCUT2D eigenvalue weighted by atomic mass is 10.00. The van der Waals surface area contributed by atoms with Gasteiger partial charge in [-0.05, 0) is 31.0 Å². The SMILES string of the molecule is CC(CCO)NCC(O)COC(Cc1ccc(Cl)c(Cl)c1)C(=O)c1ccccc1. The molecule has 3 N–H and O–H groups in total. The van der Waals surface area contributed by atoms with Crippen molar-refractivity contribution in [3.63, 3.8) is 0 Å². The van der Waals surface area contributed by atoms with Crippen molar-refractivity contribution in [2.24, 2.45) is 0 Å². The molecule has 3 atom stereocenters. The fourth-order valence-corrected chi connectivity index (χ4v) is 3.14. The van der Waals surface area contributed by atoms with Crippen LogP contribution < -0.4 is 5.32 Å². The van der Waals surface area contributed by atoms with Crippen molar-refractivity contribution < 1.29 is 19.7 Å². The molecule has 0 aromatic heterocycles. The van der Waals surface area contributed by atoms with E-state index in [0.717, 1.165) is 5.56 Å². The van der Waals surface area contributed by atoms with Crippen LogP contribution in [0.15, 0.2) is 48.5 Å². The number of ketones is 1. The van der Waals surface area contributed by atoms with Crippen molar-refractivity contribution in [3.8, 4) is 0 Å². The summed E-state index contributed by atoms with van der Waals surface area (Å²) in [6, 6.07) is 14.2. The van der Waals surface area contributed by atoms with Crippen LogP contribution in [0, 0.1) is 0 Å². The molecule has 0 aliphatic rings. The van der Waals surface area contributed by atoms with Crippen molar-refractivity contribution in [1.82, 2.24) is 5.32 Å². The van der Waals surface area contributed by atoms with Crippen LogP contribution in [0.25, 0.3) is 0 Å². The lowest BCUT2D eigenvalue weighted by Crippen LogP contribution is -2.38. The Kier molecular flexibility index (Phi) is 10.1. The zero-order valence-corrected chi connectivity index (χ0v) is 17.9. The molecule has 158 valence electrons. The fraction of sp³-hybridized carbons (Fsp3) is 0.409. The number of rotatable bonds is 12. The van der Waals surface area contributed by atoms with E-state index in [0.29, 0.717) is 35.0 Å². The molecule has 5 nitrogen and oxygen atoms in total. The second-order valence-corrected chi connectivity index (χ2v) is 7.79. The third kappa shape index (κ3) is 8.05. The third-order valence-electron chi connectivity index (χ3n) is 4.51. The summed E-state index contributed by atoms with van der Waals surface area (Å²) in [6.07, 6.45) is -0.638. The number of benzene rings is 2. The monoisotopic (exact) mass is 439 g/mol. The number of aliphatic hydroxyl groups is 2. The van der Waals surface area contributed by atoms with E-state index < -0.39 is 12.2 Å². The van der Waals surface area contributed by atoms with Crippen molar-refractivity contribution in [3.05, 3.63) is 69.7 Å². The third-order valence-corrected chi connectivity index (χ3v) is 5.25. The number of aliphatic hydroxyl groups excluding tert-OH is 2. The highest BCUT2D eigenvalue weighted by Gasteiger charge is 2.23. The molecule has 2 aromatic rings. The summed E-state index contributed by atoms with van der Waals surface area (Å²) >= 11 is 12.1. The molecule has 0 saturated heterocycles. The lowest BCUT2D eigenvalue weighted by Gasteiger charge is -2.21. The summed E-state index contributed by atoms with van der Waals surface area (Å²) in [5.74, 6) is -0.162. The first-order valence-electron chi connectivity index (χ1n) is 9.57. The normalized spacial score (nSPS) is 14.4. The summed E-state index contributed by atoms with van der Waals surface area (Å²) < 4.78 is 5.82. The maximum atomic E-state index is 13.0. The van der Waals surface area contributed by atoms with E-state index in [1.807, 2.05) is 13.0 Å². The number of Topliss-reactive ketones (excluding diaryl/α,β-unsaturated/α-hetero) is 1. The van der Waals surface area contributed by atoms with Crippen LogP contribution in [-0.2, 0) is 11.2 Å². The topological polar surface area (TPSA) is 78.8 Å². The minimum Gasteiger partial charge on any atom is -0.396 e. The molecule has 0 heterocycles. The van der Waals surface area contributed by atoms with Gasteiger partial charge in [0.15, 0.2) is 5.78 Å². The number of nitrogens with one attached hydrogen (secondary N) is 1. The molecule has 0 spiro atoms. The molecule has 2 aromatic carbocycles. The molecule has 0 bridgehead atoms. The van der Waals surface area contributed by atoms with E-state index in [1.54, 1.807) is 42.5 Å². The van der Waals surface area contributed by atoms with E-state index in [9.17, 15) is 9.90 Å². The minimum atomic E-state index is -0.781. The molecular weight excluding hydrogens is 413 g/mol. The van der Waals surface area contributed by atoms with E-state index in [2.05, 4.69) is 5.32 Å². The zero-order chi connectivity index (χ0) is 21.2. The fourth-order valence-electron chi connectivity index (χ4n) is 2.82. The van der Waals surface area contributed by atoms with Gasteiger partial charge in [-0.25, -0.2) is 0 Å². The molecule has 0 fully saturated rings. The van der Waals surface area contributed by atoms with Gasteiger partial charge < -0.3 is 20.3 Å². The molecule has 0 radical (unpaired) electrons. The van der Waals surface area contributed by atoms with Crippen molar-refractivity contribution in [2.45, 2.75) is 38.0 Å². The summed E-state index contributed by atoms with van der Waals surface area (Å²) in [7, 11) is 0. The van der Waals surface area contributed by atoms with Gasteiger partial charge in [0.1, 0.15) is 6.10 Å². The van der Waals surface area contributed by atoms with Crippen molar-refractivity contribution in [1.29, 1.82) is 0 Å². The Labute approximate surface area is 181 Å². The van der Waals surface area contributed by atoms with Crippen LogP contribution in [0.4, 0.5) is 0 Å². The largest absolute Gasteiger partial charge is 0.396 e. The second kappa shape index (κ2) is 12.3. The number of halogens is 2. The summed E-state index contributed by atoms with van der Waals surface area (Å²) in [5.41, 5.74) is 1.36. The van der Waals surface area contributed by atoms with Gasteiger partial charge in [-0.15, -0.1) is 0 Å². The van der Waals surface area contributed by atoms with E-state index in [4.69, 9.17) is 33.0 Å². The molecular formula is C22H27Cl2NO4. The van der Waals surface area contributed by atoms with Gasteiger partial charge >= 0.3 is 0 Å². The predicted molar refractivity (Wildman–Crippen MR) is 116 cm³/mol. The molecule has 0 aliphatic carbocycles. The molecule has 0 saturated carbocycles. The standard InChI is InChI=1S/C22H27Cl2NO4/c1-15(9-10-26)25-13-18(27)14-29-21(22(28)17-5-3-2-4-6-17)12-16-7-8-19(23)20(24)11-16/h2-8,11,15,18,21,25-27H,9-10,12-14H2,1H3. The zero-order valence-electron chi connectivity index (χ0n) is 16.4. The Hall–Kier alpha value is -1.47. The Morgan fingerprint density at radius 2 is 1.86 bits per heavy atom. The smallest absolute Gasteiger partial charge is 0.191 e. The van der Waals surface area contributed by atoms with E-state index >= 15 is 0 Å². The quantitative estimate of drug-likeness (QED) is 0.440. The Morgan fingerprint density at radius 1 is 1.14 bits per heavy atom. The molecule has 29 heavy (non-hydrogen) atoms. The summed E-state index contributed by atoms with van der Waals surface area (Å²) in [5, 5.41) is 23.1. The van der Waals surface area contributed by atoms with Crippen LogP contribution in [0.1, 0.15) is 29.3 Å². The minimum absolute atomic E-state index is 0.00338. The van der Waals surface area contributed by atoms with Crippen LogP contribution in [-0.4, -0.2) is 54.0 Å². The first kappa shape index (κ1) is 23.8. The number of carbonyl (C=O) groups excluding carboxylic acids is 1. The number of hydrogen-bond acceptors (Lipinski definition) is 5. The predicted octanol–water partition coefficient (Wildman–Crippen LogP) is 3.53. The highest BCUT2D eigenvalue weighted by atomic mass is 35.5. The van der Waals surface area contributed by atoms with Gasteiger partial charge in [-0.2, -0.15) is 0 Å². The highest BCUT2D eigenvalue weighted by molar-refractivity contribution is 6.42. The molecule has 0 aliphatic heterocycles. The van der Waals surface area contributed by atoms with Crippen LogP contribution >= 0.6 is 23.2 Å². The van der Waals surface area contributed by atoms with E-state index in [-0.39, 0.29) is 25.0 Å².